The van der Waals surface area contributed by atoms with E-state index in [1.807, 2.05) is 33.8 Å². The second kappa shape index (κ2) is 11.1. The lowest BCUT2D eigenvalue weighted by atomic mass is 10.0. The van der Waals surface area contributed by atoms with Crippen LogP contribution < -0.4 is 0 Å². The van der Waals surface area contributed by atoms with Gasteiger partial charge in [0.25, 0.3) is 0 Å². The third-order valence-corrected chi connectivity index (χ3v) is 7.46. The highest BCUT2D eigenvalue weighted by atomic mass is 32.2. The fourth-order valence-corrected chi connectivity index (χ4v) is 5.71. The first-order chi connectivity index (χ1) is 16.2. The number of imidazole rings is 1. The Labute approximate surface area is 201 Å². The van der Waals surface area contributed by atoms with Crippen molar-refractivity contribution < 1.29 is 17.9 Å². The van der Waals surface area contributed by atoms with Crippen molar-refractivity contribution in [2.45, 2.75) is 64.8 Å². The molecule has 0 saturated carbocycles. The number of fused-ring (bicyclic) bond motifs is 1. The molecule has 34 heavy (non-hydrogen) atoms. The molecule has 8 nitrogen and oxygen atoms in total. The number of H-pyrrole nitrogens is 1. The van der Waals surface area contributed by atoms with Gasteiger partial charge in [-0.1, -0.05) is 32.9 Å². The highest BCUT2D eigenvalue weighted by molar-refractivity contribution is 7.89. The van der Waals surface area contributed by atoms with E-state index in [-0.39, 0.29) is 24.0 Å². The fraction of sp³-hybridized carbons (Fsp3) is 0.480. The van der Waals surface area contributed by atoms with E-state index in [1.54, 1.807) is 37.4 Å². The van der Waals surface area contributed by atoms with Gasteiger partial charge in [0.2, 0.25) is 10.0 Å². The molecule has 9 heteroatoms. The Balaban J connectivity index is 1.89. The molecule has 2 aromatic heterocycles. The summed E-state index contributed by atoms with van der Waals surface area (Å²) >= 11 is 0. The smallest absolute Gasteiger partial charge is 0.324 e. The van der Waals surface area contributed by atoms with Crippen LogP contribution in [0.5, 0.6) is 0 Å². The molecule has 0 saturated heterocycles. The third-order valence-electron chi connectivity index (χ3n) is 5.54. The molecule has 1 N–H and O–H groups in total. The molecule has 0 fully saturated rings. The Morgan fingerprint density at radius 2 is 1.85 bits per heavy atom. The number of nitrogens with one attached hydrogen (secondary N) is 1. The molecular weight excluding hydrogens is 452 g/mol. The Hall–Kier alpha value is -2.78. The quantitative estimate of drug-likeness (QED) is 0.407. The number of carbonyl (C=O) groups excluding carboxylic acids is 1. The molecule has 1 atom stereocenters. The van der Waals surface area contributed by atoms with Crippen molar-refractivity contribution in [3.63, 3.8) is 0 Å². The number of ether oxygens (including phenoxy) is 1. The first-order valence-electron chi connectivity index (χ1n) is 11.7. The number of nitrogens with zero attached hydrogens (tertiary/aromatic N) is 3. The number of hydrogen-bond donors (Lipinski definition) is 1. The highest BCUT2D eigenvalue weighted by Gasteiger charge is 2.36. The maximum absolute atomic E-state index is 13.6. The van der Waals surface area contributed by atoms with Crippen molar-refractivity contribution in [3.8, 4) is 0 Å². The lowest BCUT2D eigenvalue weighted by molar-refractivity contribution is -0.148. The minimum atomic E-state index is -3.89. The topological polar surface area (TPSA) is 105 Å². The predicted octanol–water partition coefficient (Wildman–Crippen LogP) is 4.24. The van der Waals surface area contributed by atoms with Gasteiger partial charge in [-0.25, -0.2) is 13.4 Å². The van der Waals surface area contributed by atoms with Gasteiger partial charge in [-0.2, -0.15) is 4.31 Å². The van der Waals surface area contributed by atoms with Crippen LogP contribution in [0.25, 0.3) is 11.0 Å². The van der Waals surface area contributed by atoms with Gasteiger partial charge in [0.15, 0.2) is 0 Å². The summed E-state index contributed by atoms with van der Waals surface area (Å²) in [6.45, 7) is 9.90. The maximum Gasteiger partial charge on any atom is 0.324 e. The molecule has 3 aromatic rings. The van der Waals surface area contributed by atoms with Crippen molar-refractivity contribution in [2.24, 2.45) is 5.92 Å². The molecule has 3 rings (SSSR count). The molecule has 184 valence electrons. The van der Waals surface area contributed by atoms with Crippen LogP contribution in [0.1, 0.15) is 57.6 Å². The molecule has 0 spiro atoms. The number of sulfonamides is 1. The average Bonchev–Trinajstić information content (AvgIpc) is 3.17. The van der Waals surface area contributed by atoms with Gasteiger partial charge in [-0.15, -0.1) is 0 Å². The zero-order valence-electron chi connectivity index (χ0n) is 20.5. The number of aromatic amines is 1. The van der Waals surface area contributed by atoms with Crippen molar-refractivity contribution in [3.05, 3.63) is 53.6 Å². The van der Waals surface area contributed by atoms with Crippen LogP contribution in [-0.2, 0) is 26.0 Å². The van der Waals surface area contributed by atoms with Crippen LogP contribution in [0.2, 0.25) is 0 Å². The Kier molecular flexibility index (Phi) is 8.43. The minimum Gasteiger partial charge on any atom is -0.465 e. The molecule has 0 bridgehead atoms. The van der Waals surface area contributed by atoms with E-state index in [4.69, 9.17) is 4.74 Å². The van der Waals surface area contributed by atoms with E-state index >= 15 is 0 Å². The molecule has 2 heterocycles. The summed E-state index contributed by atoms with van der Waals surface area (Å²) in [6.07, 6.45) is 3.25. The van der Waals surface area contributed by atoms with Gasteiger partial charge < -0.3 is 9.72 Å². The normalized spacial score (nSPS) is 13.0. The molecule has 1 aromatic carbocycles. The summed E-state index contributed by atoms with van der Waals surface area (Å²) in [5.41, 5.74) is 3.49. The molecule has 0 aliphatic carbocycles. The first kappa shape index (κ1) is 25.8. The minimum absolute atomic E-state index is 0.132. The van der Waals surface area contributed by atoms with Crippen molar-refractivity contribution >= 4 is 27.0 Å². The molecule has 0 radical (unpaired) electrons. The van der Waals surface area contributed by atoms with Gasteiger partial charge in [-0.3, -0.25) is 9.78 Å². The van der Waals surface area contributed by atoms with Crippen LogP contribution in [0.3, 0.4) is 0 Å². The van der Waals surface area contributed by atoms with Gasteiger partial charge >= 0.3 is 5.97 Å². The zero-order valence-corrected chi connectivity index (χ0v) is 21.4. The number of pyridine rings is 1. The van der Waals surface area contributed by atoms with E-state index in [0.717, 1.165) is 28.1 Å². The summed E-state index contributed by atoms with van der Waals surface area (Å²) in [4.78, 5) is 25.0. The number of carbonyl (C=O) groups is 1. The second-order valence-corrected chi connectivity index (χ2v) is 10.7. The van der Waals surface area contributed by atoms with Gasteiger partial charge in [0.1, 0.15) is 17.4 Å². The SMILES string of the molecule is CCCN([C@@H](CC(C)C)C(=O)OCC)S(=O)(=O)c1ccc(Cc2nccc3[nH]c(C)nc23)cc1. The third kappa shape index (κ3) is 5.82. The largest absolute Gasteiger partial charge is 0.465 e. The summed E-state index contributed by atoms with van der Waals surface area (Å²) < 4.78 is 33.7. The monoisotopic (exact) mass is 486 g/mol. The second-order valence-electron chi connectivity index (χ2n) is 8.81. The Bertz CT molecular complexity index is 1220. The molecule has 0 amide bonds. The van der Waals surface area contributed by atoms with E-state index in [1.165, 1.54) is 4.31 Å². The number of esters is 1. The standard InChI is InChI=1S/C25H34N4O4S/c1-6-14-29(23(15-17(3)4)25(30)33-7-2)34(31,32)20-10-8-19(9-11-20)16-22-24-21(12-13-26-22)27-18(5)28-24/h8-13,17,23H,6-7,14-16H2,1-5H3,(H,27,28)/t23-/m0/s1. The number of rotatable bonds is 11. The van der Waals surface area contributed by atoms with Gasteiger partial charge in [0, 0.05) is 19.2 Å². The summed E-state index contributed by atoms with van der Waals surface area (Å²) in [5.74, 6) is 0.449. The molecule has 0 aliphatic rings. The highest BCUT2D eigenvalue weighted by Crippen LogP contribution is 2.25. The summed E-state index contributed by atoms with van der Waals surface area (Å²) in [6, 6.07) is 7.81. The lowest BCUT2D eigenvalue weighted by Gasteiger charge is -2.30. The van der Waals surface area contributed by atoms with Crippen molar-refractivity contribution in [1.29, 1.82) is 0 Å². The van der Waals surface area contributed by atoms with Crippen LogP contribution in [0.4, 0.5) is 0 Å². The van der Waals surface area contributed by atoms with Crippen molar-refractivity contribution in [2.75, 3.05) is 13.2 Å². The molecular formula is C25H34N4O4S. The lowest BCUT2D eigenvalue weighted by Crippen LogP contribution is -2.46. The molecule has 0 aliphatic heterocycles. The fourth-order valence-electron chi connectivity index (χ4n) is 4.03. The van der Waals surface area contributed by atoms with Crippen LogP contribution >= 0.6 is 0 Å². The first-order valence-corrected chi connectivity index (χ1v) is 13.2. The van der Waals surface area contributed by atoms with Crippen LogP contribution in [-0.4, -0.2) is 52.8 Å². The van der Waals surface area contributed by atoms with Crippen LogP contribution in [0, 0.1) is 12.8 Å². The maximum atomic E-state index is 13.6. The van der Waals surface area contributed by atoms with E-state index < -0.39 is 22.0 Å². The van der Waals surface area contributed by atoms with E-state index in [2.05, 4.69) is 15.0 Å². The number of aromatic nitrogens is 3. The number of aryl methyl sites for hydroxylation is 1. The molecule has 0 unspecified atom stereocenters. The summed E-state index contributed by atoms with van der Waals surface area (Å²) in [7, 11) is -3.89. The Morgan fingerprint density at radius 3 is 2.47 bits per heavy atom. The number of benzene rings is 1. The summed E-state index contributed by atoms with van der Waals surface area (Å²) in [5, 5.41) is 0. The zero-order chi connectivity index (χ0) is 24.9. The van der Waals surface area contributed by atoms with Gasteiger partial charge in [0.05, 0.1) is 22.7 Å². The van der Waals surface area contributed by atoms with E-state index in [9.17, 15) is 13.2 Å². The van der Waals surface area contributed by atoms with Crippen molar-refractivity contribution in [1.82, 2.24) is 19.3 Å². The van der Waals surface area contributed by atoms with Gasteiger partial charge in [-0.05, 0) is 56.4 Å². The van der Waals surface area contributed by atoms with E-state index in [0.29, 0.717) is 19.3 Å². The van der Waals surface area contributed by atoms with Crippen LogP contribution in [0.15, 0.2) is 41.4 Å². The predicted molar refractivity (Wildman–Crippen MR) is 132 cm³/mol. The Morgan fingerprint density at radius 1 is 1.15 bits per heavy atom. The average molecular weight is 487 g/mol. The number of hydrogen-bond acceptors (Lipinski definition) is 6.